The number of pyridine rings is 1. The van der Waals surface area contributed by atoms with Gasteiger partial charge in [0.1, 0.15) is 5.82 Å². The molecule has 2 aliphatic rings. The number of hydrogen-bond acceptors (Lipinski definition) is 6. The average Bonchev–Trinajstić information content (AvgIpc) is 3.53. The standard InChI is InChI=1S/C15H23NO2.C10H13N3O/c1-17-14-8-7-13(12-15(14)18-2)6-5-11-16-9-3-4-10-16;11-10(14)8-4-6-13(7-8)9-3-1-2-5-12-9/h7-8,12H,3-6,9-11H2,1-2H3;1-3,5,8H,4,6-7H2,(H2,11,14). The van der Waals surface area contributed by atoms with E-state index in [1.54, 1.807) is 20.4 Å². The molecule has 0 saturated carbocycles. The molecule has 32 heavy (non-hydrogen) atoms. The van der Waals surface area contributed by atoms with E-state index < -0.39 is 0 Å². The van der Waals surface area contributed by atoms with Crippen LogP contribution in [0.2, 0.25) is 0 Å². The minimum atomic E-state index is -0.205. The number of anilines is 1. The Kier molecular flexibility index (Phi) is 9.16. The van der Waals surface area contributed by atoms with Crippen molar-refractivity contribution in [1.29, 1.82) is 0 Å². The topological polar surface area (TPSA) is 80.9 Å². The van der Waals surface area contributed by atoms with E-state index in [1.807, 2.05) is 24.3 Å². The van der Waals surface area contributed by atoms with Crippen LogP contribution in [0.15, 0.2) is 42.6 Å². The Morgan fingerprint density at radius 3 is 2.50 bits per heavy atom. The van der Waals surface area contributed by atoms with Crippen molar-refractivity contribution in [1.82, 2.24) is 9.88 Å². The minimum absolute atomic E-state index is 0.0167. The Balaban J connectivity index is 0.000000186. The van der Waals surface area contributed by atoms with Gasteiger partial charge in [0.05, 0.1) is 20.1 Å². The molecular weight excluding hydrogens is 404 g/mol. The lowest BCUT2D eigenvalue weighted by Gasteiger charge is -2.16. The van der Waals surface area contributed by atoms with E-state index in [4.69, 9.17) is 15.2 Å². The second-order valence-electron chi connectivity index (χ2n) is 8.36. The van der Waals surface area contributed by atoms with Crippen LogP contribution in [-0.4, -0.2) is 62.7 Å². The number of amides is 1. The third-order valence-corrected chi connectivity index (χ3v) is 6.15. The van der Waals surface area contributed by atoms with Crippen molar-refractivity contribution in [2.24, 2.45) is 11.7 Å². The first-order valence-corrected chi connectivity index (χ1v) is 11.5. The maximum absolute atomic E-state index is 11.0. The Bertz CT molecular complexity index is 840. The molecule has 174 valence electrons. The number of benzene rings is 1. The van der Waals surface area contributed by atoms with Crippen LogP contribution >= 0.6 is 0 Å². The van der Waals surface area contributed by atoms with Gasteiger partial charge in [0.15, 0.2) is 11.5 Å². The second kappa shape index (κ2) is 12.3. The summed E-state index contributed by atoms with van der Waals surface area (Å²) in [6.45, 7) is 5.35. The van der Waals surface area contributed by atoms with Gasteiger partial charge in [-0.2, -0.15) is 0 Å². The predicted molar refractivity (Wildman–Crippen MR) is 127 cm³/mol. The number of nitrogens with two attached hydrogens (primary N) is 1. The quantitative estimate of drug-likeness (QED) is 0.679. The average molecular weight is 441 g/mol. The van der Waals surface area contributed by atoms with Crippen LogP contribution in [0.25, 0.3) is 0 Å². The largest absolute Gasteiger partial charge is 0.493 e. The zero-order chi connectivity index (χ0) is 22.8. The lowest BCUT2D eigenvalue weighted by Crippen LogP contribution is -2.27. The Morgan fingerprint density at radius 1 is 1.09 bits per heavy atom. The monoisotopic (exact) mass is 440 g/mol. The number of rotatable bonds is 8. The summed E-state index contributed by atoms with van der Waals surface area (Å²) in [6.07, 6.45) is 7.66. The highest BCUT2D eigenvalue weighted by Crippen LogP contribution is 2.28. The molecule has 0 bridgehead atoms. The van der Waals surface area contributed by atoms with E-state index in [-0.39, 0.29) is 11.8 Å². The van der Waals surface area contributed by atoms with Crippen molar-refractivity contribution in [3.8, 4) is 11.5 Å². The number of aromatic nitrogens is 1. The van der Waals surface area contributed by atoms with Crippen molar-refractivity contribution in [3.63, 3.8) is 0 Å². The molecular formula is C25H36N4O3. The van der Waals surface area contributed by atoms with E-state index in [1.165, 1.54) is 44.5 Å². The molecule has 3 heterocycles. The van der Waals surface area contributed by atoms with Gasteiger partial charge in [0.25, 0.3) is 0 Å². The molecule has 1 amide bonds. The smallest absolute Gasteiger partial charge is 0.222 e. The summed E-state index contributed by atoms with van der Waals surface area (Å²) in [7, 11) is 3.36. The molecule has 1 unspecified atom stereocenters. The maximum Gasteiger partial charge on any atom is 0.222 e. The van der Waals surface area contributed by atoms with Crippen LogP contribution in [-0.2, 0) is 11.2 Å². The van der Waals surface area contributed by atoms with Crippen molar-refractivity contribution < 1.29 is 14.3 Å². The molecule has 2 aliphatic heterocycles. The summed E-state index contributed by atoms with van der Waals surface area (Å²) >= 11 is 0. The van der Waals surface area contributed by atoms with Gasteiger partial charge in [-0.3, -0.25) is 4.79 Å². The third kappa shape index (κ3) is 6.85. The number of ether oxygens (including phenoxy) is 2. The molecule has 7 heteroatoms. The highest BCUT2D eigenvalue weighted by atomic mass is 16.5. The lowest BCUT2D eigenvalue weighted by molar-refractivity contribution is -0.121. The Morgan fingerprint density at radius 2 is 1.88 bits per heavy atom. The van der Waals surface area contributed by atoms with Gasteiger partial charge in [0.2, 0.25) is 5.91 Å². The van der Waals surface area contributed by atoms with Gasteiger partial charge in [-0.25, -0.2) is 4.98 Å². The zero-order valence-corrected chi connectivity index (χ0v) is 19.3. The lowest BCUT2D eigenvalue weighted by atomic mass is 10.1. The first kappa shape index (κ1) is 23.9. The van der Waals surface area contributed by atoms with Crippen molar-refractivity contribution in [3.05, 3.63) is 48.2 Å². The zero-order valence-electron chi connectivity index (χ0n) is 19.3. The van der Waals surface area contributed by atoms with Gasteiger partial charge in [0, 0.05) is 19.3 Å². The molecule has 7 nitrogen and oxygen atoms in total. The van der Waals surface area contributed by atoms with E-state index in [0.717, 1.165) is 36.7 Å². The molecule has 2 fully saturated rings. The number of primary amides is 1. The molecule has 2 saturated heterocycles. The fourth-order valence-corrected chi connectivity index (χ4v) is 4.29. The summed E-state index contributed by atoms with van der Waals surface area (Å²) in [6, 6.07) is 12.0. The Hall–Kier alpha value is -2.80. The molecule has 0 aliphatic carbocycles. The minimum Gasteiger partial charge on any atom is -0.493 e. The number of likely N-dealkylation sites (tertiary alicyclic amines) is 1. The van der Waals surface area contributed by atoms with Gasteiger partial charge < -0.3 is 25.0 Å². The molecule has 2 N–H and O–H groups in total. The van der Waals surface area contributed by atoms with E-state index in [9.17, 15) is 4.79 Å². The molecule has 4 rings (SSSR count). The number of carbonyl (C=O) groups excluding carboxylic acids is 1. The van der Waals surface area contributed by atoms with Crippen molar-refractivity contribution in [2.45, 2.75) is 32.1 Å². The highest BCUT2D eigenvalue weighted by molar-refractivity contribution is 5.78. The maximum atomic E-state index is 11.0. The van der Waals surface area contributed by atoms with Crippen LogP contribution in [0.5, 0.6) is 11.5 Å². The molecule has 1 atom stereocenters. The van der Waals surface area contributed by atoms with Crippen molar-refractivity contribution in [2.75, 3.05) is 51.8 Å². The van der Waals surface area contributed by atoms with E-state index in [0.29, 0.717) is 6.54 Å². The SMILES string of the molecule is COc1ccc(CCCN2CCCC2)cc1OC.NC(=O)C1CCN(c2ccccn2)C1. The summed E-state index contributed by atoms with van der Waals surface area (Å²) in [5.74, 6) is 2.34. The highest BCUT2D eigenvalue weighted by Gasteiger charge is 2.26. The first-order chi connectivity index (χ1) is 15.6. The van der Waals surface area contributed by atoms with Gasteiger partial charge in [-0.05, 0) is 81.6 Å². The Labute approximate surface area is 191 Å². The molecule has 0 radical (unpaired) electrons. The molecule has 0 spiro atoms. The third-order valence-electron chi connectivity index (χ3n) is 6.15. The fourth-order valence-electron chi connectivity index (χ4n) is 4.29. The molecule has 1 aromatic heterocycles. The normalized spacial score (nSPS) is 18.2. The van der Waals surface area contributed by atoms with E-state index >= 15 is 0 Å². The fraction of sp³-hybridized carbons (Fsp3) is 0.520. The number of aryl methyl sites for hydroxylation is 1. The summed E-state index contributed by atoms with van der Waals surface area (Å²) in [5, 5.41) is 0. The number of carbonyl (C=O) groups is 1. The van der Waals surface area contributed by atoms with Crippen LogP contribution in [0, 0.1) is 5.92 Å². The second-order valence-corrected chi connectivity index (χ2v) is 8.36. The van der Waals surface area contributed by atoms with Crippen LogP contribution in [0.3, 0.4) is 0 Å². The van der Waals surface area contributed by atoms with Gasteiger partial charge >= 0.3 is 0 Å². The molecule has 2 aromatic rings. The number of nitrogens with zero attached hydrogens (tertiary/aromatic N) is 3. The van der Waals surface area contributed by atoms with E-state index in [2.05, 4.69) is 26.9 Å². The van der Waals surface area contributed by atoms with Crippen LogP contribution < -0.4 is 20.1 Å². The summed E-state index contributed by atoms with van der Waals surface area (Å²) < 4.78 is 10.6. The van der Waals surface area contributed by atoms with Gasteiger partial charge in [-0.15, -0.1) is 0 Å². The number of hydrogen-bond donors (Lipinski definition) is 1. The predicted octanol–water partition coefficient (Wildman–Crippen LogP) is 3.13. The van der Waals surface area contributed by atoms with Crippen molar-refractivity contribution >= 4 is 11.7 Å². The van der Waals surface area contributed by atoms with Crippen LogP contribution in [0.4, 0.5) is 5.82 Å². The molecule has 1 aromatic carbocycles. The van der Waals surface area contributed by atoms with Gasteiger partial charge in [-0.1, -0.05) is 12.1 Å². The summed E-state index contributed by atoms with van der Waals surface area (Å²) in [4.78, 5) is 19.8. The van der Waals surface area contributed by atoms with Crippen LogP contribution in [0.1, 0.15) is 31.2 Å². The summed E-state index contributed by atoms with van der Waals surface area (Å²) in [5.41, 5.74) is 6.58. The number of methoxy groups -OCH3 is 2. The first-order valence-electron chi connectivity index (χ1n) is 11.5.